The summed E-state index contributed by atoms with van der Waals surface area (Å²) in [4.78, 5) is 24.8. The summed E-state index contributed by atoms with van der Waals surface area (Å²) in [6, 6.07) is 9.40. The zero-order chi connectivity index (χ0) is 18.2. The molecule has 6 nitrogen and oxygen atoms in total. The van der Waals surface area contributed by atoms with Gasteiger partial charge in [-0.3, -0.25) is 9.59 Å². The summed E-state index contributed by atoms with van der Waals surface area (Å²) in [7, 11) is 0. The molecule has 1 amide bonds. The lowest BCUT2D eigenvalue weighted by Gasteiger charge is -2.29. The SMILES string of the molecule is N#C/C(=C/NCCc1ccc(Cl)cc1)C(=O)N1CCC(C(=O)O)CC1. The number of nitrogens with zero attached hydrogens (tertiary/aromatic N) is 2. The lowest BCUT2D eigenvalue weighted by Crippen LogP contribution is -2.41. The van der Waals surface area contributed by atoms with Crippen molar-refractivity contribution in [3.63, 3.8) is 0 Å². The first-order valence-electron chi connectivity index (χ1n) is 8.11. The molecule has 0 bridgehead atoms. The molecule has 1 aromatic rings. The smallest absolute Gasteiger partial charge is 0.306 e. The Bertz CT molecular complexity index is 687. The van der Waals surface area contributed by atoms with Crippen molar-refractivity contribution < 1.29 is 14.7 Å². The molecule has 1 fully saturated rings. The van der Waals surface area contributed by atoms with Crippen LogP contribution < -0.4 is 5.32 Å². The van der Waals surface area contributed by atoms with Crippen LogP contribution in [0.1, 0.15) is 18.4 Å². The average Bonchev–Trinajstić information content (AvgIpc) is 2.63. The number of benzene rings is 1. The maximum atomic E-state index is 12.3. The highest BCUT2D eigenvalue weighted by molar-refractivity contribution is 6.30. The third-order valence-corrected chi connectivity index (χ3v) is 4.45. The minimum absolute atomic E-state index is 0.0323. The van der Waals surface area contributed by atoms with Crippen LogP contribution in [0.4, 0.5) is 0 Å². The highest BCUT2D eigenvalue weighted by Gasteiger charge is 2.28. The second-order valence-corrected chi connectivity index (χ2v) is 6.34. The number of halogens is 1. The number of aliphatic carboxylic acids is 1. The standard InChI is InChI=1S/C18H20ClN3O3/c19-16-3-1-13(2-4-16)5-8-21-12-15(11-20)17(23)22-9-6-14(7-10-22)18(24)25/h1-4,12,14,21H,5-10H2,(H,24,25)/b15-12-. The van der Waals surface area contributed by atoms with E-state index in [2.05, 4.69) is 5.32 Å². The van der Waals surface area contributed by atoms with Crippen molar-refractivity contribution in [3.8, 4) is 6.07 Å². The first kappa shape index (κ1) is 18.8. The molecule has 0 aliphatic carbocycles. The van der Waals surface area contributed by atoms with Gasteiger partial charge in [0.25, 0.3) is 5.91 Å². The molecule has 2 rings (SSSR count). The van der Waals surface area contributed by atoms with Crippen molar-refractivity contribution in [1.29, 1.82) is 5.26 Å². The van der Waals surface area contributed by atoms with E-state index in [9.17, 15) is 14.9 Å². The van der Waals surface area contributed by atoms with Gasteiger partial charge in [-0.2, -0.15) is 5.26 Å². The number of hydrogen-bond acceptors (Lipinski definition) is 4. The van der Waals surface area contributed by atoms with Gasteiger partial charge in [0.2, 0.25) is 0 Å². The minimum atomic E-state index is -0.827. The van der Waals surface area contributed by atoms with Crippen LogP contribution in [0.3, 0.4) is 0 Å². The van der Waals surface area contributed by atoms with E-state index in [-0.39, 0.29) is 11.5 Å². The molecule has 1 aliphatic rings. The predicted molar refractivity (Wildman–Crippen MR) is 93.8 cm³/mol. The molecule has 25 heavy (non-hydrogen) atoms. The van der Waals surface area contributed by atoms with E-state index in [1.165, 1.54) is 11.1 Å². The Hall–Kier alpha value is -2.52. The monoisotopic (exact) mass is 361 g/mol. The van der Waals surface area contributed by atoms with Crippen LogP contribution >= 0.6 is 11.6 Å². The fraction of sp³-hybridized carbons (Fsp3) is 0.389. The molecule has 132 valence electrons. The topological polar surface area (TPSA) is 93.4 Å². The summed E-state index contributed by atoms with van der Waals surface area (Å²) in [6.45, 7) is 1.31. The van der Waals surface area contributed by atoms with E-state index in [1.54, 1.807) is 0 Å². The van der Waals surface area contributed by atoms with Gasteiger partial charge in [0.15, 0.2) is 0 Å². The number of carboxylic acids is 1. The maximum Gasteiger partial charge on any atom is 0.306 e. The van der Waals surface area contributed by atoms with Gasteiger partial charge in [-0.15, -0.1) is 0 Å². The molecule has 0 unspecified atom stereocenters. The number of rotatable bonds is 6. The molecule has 1 aliphatic heterocycles. The van der Waals surface area contributed by atoms with Crippen LogP contribution in [0.2, 0.25) is 5.02 Å². The van der Waals surface area contributed by atoms with Gasteiger partial charge in [-0.1, -0.05) is 23.7 Å². The third kappa shape index (κ3) is 5.50. The summed E-state index contributed by atoms with van der Waals surface area (Å²) < 4.78 is 0. The first-order valence-corrected chi connectivity index (χ1v) is 8.49. The zero-order valence-electron chi connectivity index (χ0n) is 13.7. The van der Waals surface area contributed by atoms with Crippen LogP contribution in [0, 0.1) is 17.2 Å². The van der Waals surface area contributed by atoms with Gasteiger partial charge in [0, 0.05) is 30.9 Å². The van der Waals surface area contributed by atoms with Gasteiger partial charge in [-0.25, -0.2) is 0 Å². The number of carbonyl (C=O) groups excluding carboxylic acids is 1. The number of nitrogens with one attached hydrogen (secondary N) is 1. The number of amides is 1. The summed E-state index contributed by atoms with van der Waals surface area (Å²) >= 11 is 5.83. The maximum absolute atomic E-state index is 12.3. The van der Waals surface area contributed by atoms with E-state index >= 15 is 0 Å². The van der Waals surface area contributed by atoms with E-state index in [0.717, 1.165) is 12.0 Å². The number of carbonyl (C=O) groups is 2. The Morgan fingerprint density at radius 2 is 1.96 bits per heavy atom. The van der Waals surface area contributed by atoms with Gasteiger partial charge in [0.05, 0.1) is 5.92 Å². The highest BCUT2D eigenvalue weighted by Crippen LogP contribution is 2.18. The minimum Gasteiger partial charge on any atom is -0.481 e. The molecule has 1 aromatic carbocycles. The van der Waals surface area contributed by atoms with Gasteiger partial charge < -0.3 is 15.3 Å². The van der Waals surface area contributed by atoms with Crippen LogP contribution in [-0.4, -0.2) is 41.5 Å². The summed E-state index contributed by atoms with van der Waals surface area (Å²) in [5.74, 6) is -1.59. The molecule has 1 heterocycles. The molecule has 0 saturated carbocycles. The van der Waals surface area contributed by atoms with Gasteiger partial charge in [0.1, 0.15) is 11.6 Å². The largest absolute Gasteiger partial charge is 0.481 e. The Morgan fingerprint density at radius 1 is 1.32 bits per heavy atom. The molecule has 0 aromatic heterocycles. The van der Waals surface area contributed by atoms with Crippen molar-refractivity contribution >= 4 is 23.5 Å². The van der Waals surface area contributed by atoms with Crippen molar-refractivity contribution in [1.82, 2.24) is 10.2 Å². The molecular weight excluding hydrogens is 342 g/mol. The normalized spacial score (nSPS) is 15.5. The average molecular weight is 362 g/mol. The predicted octanol–water partition coefficient (Wildman–Crippen LogP) is 2.20. The fourth-order valence-electron chi connectivity index (χ4n) is 2.68. The Morgan fingerprint density at radius 3 is 2.52 bits per heavy atom. The lowest BCUT2D eigenvalue weighted by molar-refractivity contribution is -0.145. The Balaban J connectivity index is 1.83. The van der Waals surface area contributed by atoms with Crippen LogP contribution in [0.25, 0.3) is 0 Å². The van der Waals surface area contributed by atoms with Crippen LogP contribution in [0.15, 0.2) is 36.0 Å². The fourth-order valence-corrected chi connectivity index (χ4v) is 2.81. The molecule has 0 atom stereocenters. The van der Waals surface area contributed by atoms with E-state index in [0.29, 0.717) is 37.5 Å². The van der Waals surface area contributed by atoms with Crippen molar-refractivity contribution in [2.45, 2.75) is 19.3 Å². The molecule has 0 spiro atoms. The van der Waals surface area contributed by atoms with Crippen molar-refractivity contribution in [2.75, 3.05) is 19.6 Å². The van der Waals surface area contributed by atoms with Crippen LogP contribution in [0.5, 0.6) is 0 Å². The Labute approximate surface area is 151 Å². The second kappa shape index (κ2) is 9.09. The molecule has 1 saturated heterocycles. The lowest BCUT2D eigenvalue weighted by atomic mass is 9.97. The number of carboxylic acid groups (broad SMARTS) is 1. The van der Waals surface area contributed by atoms with Crippen LogP contribution in [-0.2, 0) is 16.0 Å². The molecule has 2 N–H and O–H groups in total. The number of piperidine rings is 1. The van der Waals surface area contributed by atoms with Gasteiger partial charge in [-0.05, 0) is 37.0 Å². The number of nitriles is 1. The third-order valence-electron chi connectivity index (χ3n) is 4.20. The molecule has 0 radical (unpaired) electrons. The van der Waals surface area contributed by atoms with E-state index < -0.39 is 11.9 Å². The highest BCUT2D eigenvalue weighted by atomic mass is 35.5. The zero-order valence-corrected chi connectivity index (χ0v) is 14.5. The first-order chi connectivity index (χ1) is 12.0. The summed E-state index contributed by atoms with van der Waals surface area (Å²) in [6.07, 6.45) is 3.01. The van der Waals surface area contributed by atoms with Gasteiger partial charge >= 0.3 is 5.97 Å². The van der Waals surface area contributed by atoms with E-state index in [1.807, 2.05) is 30.3 Å². The quantitative estimate of drug-likeness (QED) is 0.460. The second-order valence-electron chi connectivity index (χ2n) is 5.91. The molecule has 7 heteroatoms. The number of likely N-dealkylation sites (tertiary alicyclic amines) is 1. The van der Waals surface area contributed by atoms with E-state index in [4.69, 9.17) is 16.7 Å². The van der Waals surface area contributed by atoms with Crippen molar-refractivity contribution in [2.24, 2.45) is 5.92 Å². The summed E-state index contributed by atoms with van der Waals surface area (Å²) in [5, 5.41) is 21.9. The molecular formula is C18H20ClN3O3. The van der Waals surface area contributed by atoms with Crippen molar-refractivity contribution in [3.05, 3.63) is 46.6 Å². The number of hydrogen-bond donors (Lipinski definition) is 2. The summed E-state index contributed by atoms with van der Waals surface area (Å²) in [5.41, 5.74) is 1.13. The Kier molecular flexibility index (Phi) is 6.84.